The van der Waals surface area contributed by atoms with Crippen molar-refractivity contribution in [3.8, 4) is 11.5 Å². The predicted octanol–water partition coefficient (Wildman–Crippen LogP) is 2.67. The van der Waals surface area contributed by atoms with Crippen molar-refractivity contribution < 1.29 is 14.2 Å². The van der Waals surface area contributed by atoms with Gasteiger partial charge >= 0.3 is 0 Å². The van der Waals surface area contributed by atoms with E-state index < -0.39 is 0 Å². The molecule has 0 radical (unpaired) electrons. The maximum atomic E-state index is 5.89. The topological polar surface area (TPSA) is 30.9 Å². The summed E-state index contributed by atoms with van der Waals surface area (Å²) in [5, 5.41) is 0. The zero-order chi connectivity index (χ0) is 15.4. The van der Waals surface area contributed by atoms with E-state index in [-0.39, 0.29) is 6.10 Å². The molecule has 22 heavy (non-hydrogen) atoms. The Labute approximate surface area is 133 Å². The Kier molecular flexibility index (Phi) is 5.21. The minimum absolute atomic E-state index is 0.285. The summed E-state index contributed by atoms with van der Waals surface area (Å²) in [7, 11) is 0. The van der Waals surface area contributed by atoms with Crippen LogP contribution in [0.5, 0.6) is 11.5 Å². The monoisotopic (exact) mass is 305 g/mol. The van der Waals surface area contributed by atoms with E-state index in [9.17, 15) is 0 Å². The largest absolute Gasteiger partial charge is 0.494 e. The number of nitrogens with zero attached hydrogens (tertiary/aromatic N) is 1. The molecule has 2 heterocycles. The molecule has 2 aliphatic rings. The van der Waals surface area contributed by atoms with Crippen molar-refractivity contribution in [2.45, 2.75) is 39.2 Å². The number of hydrogen-bond acceptors (Lipinski definition) is 4. The van der Waals surface area contributed by atoms with Crippen LogP contribution in [-0.2, 0) is 17.6 Å². The third kappa shape index (κ3) is 3.73. The van der Waals surface area contributed by atoms with Gasteiger partial charge in [-0.2, -0.15) is 0 Å². The number of hydrogen-bond donors (Lipinski definition) is 0. The number of morpholine rings is 1. The van der Waals surface area contributed by atoms with Gasteiger partial charge in [-0.1, -0.05) is 0 Å². The molecular weight excluding hydrogens is 278 g/mol. The third-order valence-corrected chi connectivity index (χ3v) is 4.40. The lowest BCUT2D eigenvalue weighted by molar-refractivity contribution is 0.0374. The van der Waals surface area contributed by atoms with Crippen LogP contribution in [0, 0.1) is 0 Å². The van der Waals surface area contributed by atoms with Gasteiger partial charge in [-0.25, -0.2) is 0 Å². The van der Waals surface area contributed by atoms with Crippen molar-refractivity contribution in [1.82, 2.24) is 4.90 Å². The molecule has 0 bridgehead atoms. The highest BCUT2D eigenvalue weighted by Crippen LogP contribution is 2.35. The fourth-order valence-electron chi connectivity index (χ4n) is 3.28. The molecule has 0 aromatic heterocycles. The molecule has 1 atom stereocenters. The summed E-state index contributed by atoms with van der Waals surface area (Å²) < 4.78 is 17.1. The third-order valence-electron chi connectivity index (χ3n) is 4.40. The molecule has 1 unspecified atom stereocenters. The Morgan fingerprint density at radius 3 is 2.86 bits per heavy atom. The second-order valence-electron chi connectivity index (χ2n) is 6.19. The summed E-state index contributed by atoms with van der Waals surface area (Å²) in [5.41, 5.74) is 2.57. The first-order chi connectivity index (χ1) is 10.8. The molecule has 1 aromatic rings. The second kappa shape index (κ2) is 7.34. The lowest BCUT2D eigenvalue weighted by Gasteiger charge is -2.26. The zero-order valence-corrected chi connectivity index (χ0v) is 13.8. The Balaban J connectivity index is 1.62. The standard InChI is InChI=1S/C18H27NO3/c1-3-21-17-13-16-11-14(2)22-18(16)12-15(17)5-4-6-19-7-9-20-10-8-19/h12-14H,3-11H2,1-2H3. The quantitative estimate of drug-likeness (QED) is 0.808. The molecule has 4 nitrogen and oxygen atoms in total. The van der Waals surface area contributed by atoms with Gasteiger partial charge in [0.1, 0.15) is 17.6 Å². The number of rotatable bonds is 6. The molecule has 1 aromatic carbocycles. The van der Waals surface area contributed by atoms with Gasteiger partial charge in [-0.15, -0.1) is 0 Å². The first-order valence-corrected chi connectivity index (χ1v) is 8.51. The highest BCUT2D eigenvalue weighted by Gasteiger charge is 2.21. The smallest absolute Gasteiger partial charge is 0.123 e. The number of ether oxygens (including phenoxy) is 3. The molecule has 3 rings (SSSR count). The van der Waals surface area contributed by atoms with E-state index in [4.69, 9.17) is 14.2 Å². The summed E-state index contributed by atoms with van der Waals surface area (Å²) in [5.74, 6) is 2.10. The molecule has 0 spiro atoms. The Morgan fingerprint density at radius 1 is 1.27 bits per heavy atom. The molecule has 4 heteroatoms. The summed E-state index contributed by atoms with van der Waals surface area (Å²) >= 11 is 0. The summed E-state index contributed by atoms with van der Waals surface area (Å²) in [6.45, 7) is 9.87. The van der Waals surface area contributed by atoms with Crippen LogP contribution in [0.25, 0.3) is 0 Å². The number of aryl methyl sites for hydroxylation is 1. The molecule has 122 valence electrons. The van der Waals surface area contributed by atoms with Gasteiger partial charge in [0, 0.05) is 25.1 Å². The average Bonchev–Trinajstić information content (AvgIpc) is 2.88. The van der Waals surface area contributed by atoms with Gasteiger partial charge in [0.2, 0.25) is 0 Å². The summed E-state index contributed by atoms with van der Waals surface area (Å²) in [6.07, 6.45) is 3.46. The molecule has 0 saturated carbocycles. The molecule has 0 amide bonds. The van der Waals surface area contributed by atoms with Gasteiger partial charge < -0.3 is 14.2 Å². The van der Waals surface area contributed by atoms with Crippen LogP contribution < -0.4 is 9.47 Å². The van der Waals surface area contributed by atoms with E-state index in [0.717, 1.165) is 63.6 Å². The molecular formula is C18H27NO3. The highest BCUT2D eigenvalue weighted by molar-refractivity contribution is 5.48. The lowest BCUT2D eigenvalue weighted by atomic mass is 10.0. The number of fused-ring (bicyclic) bond motifs is 1. The fourth-order valence-corrected chi connectivity index (χ4v) is 3.28. The highest BCUT2D eigenvalue weighted by atomic mass is 16.5. The maximum Gasteiger partial charge on any atom is 0.123 e. The Bertz CT molecular complexity index is 497. The molecule has 0 N–H and O–H groups in total. The van der Waals surface area contributed by atoms with E-state index in [1.54, 1.807) is 0 Å². The Hall–Kier alpha value is -1.26. The van der Waals surface area contributed by atoms with Gasteiger partial charge in [-0.3, -0.25) is 4.90 Å². The molecule has 1 fully saturated rings. The van der Waals surface area contributed by atoms with E-state index >= 15 is 0 Å². The van der Waals surface area contributed by atoms with Crippen molar-refractivity contribution in [2.75, 3.05) is 39.5 Å². The van der Waals surface area contributed by atoms with Gasteiger partial charge in [-0.05, 0) is 50.9 Å². The minimum atomic E-state index is 0.285. The van der Waals surface area contributed by atoms with E-state index in [0.29, 0.717) is 6.61 Å². The van der Waals surface area contributed by atoms with E-state index in [1.165, 1.54) is 11.1 Å². The normalized spacial score (nSPS) is 21.5. The maximum absolute atomic E-state index is 5.89. The molecule has 0 aliphatic carbocycles. The fraction of sp³-hybridized carbons (Fsp3) is 0.667. The van der Waals surface area contributed by atoms with Crippen molar-refractivity contribution in [2.24, 2.45) is 0 Å². The Morgan fingerprint density at radius 2 is 2.09 bits per heavy atom. The second-order valence-corrected chi connectivity index (χ2v) is 6.19. The summed E-state index contributed by atoms with van der Waals surface area (Å²) in [4.78, 5) is 2.48. The van der Waals surface area contributed by atoms with E-state index in [2.05, 4.69) is 24.0 Å². The summed E-state index contributed by atoms with van der Waals surface area (Å²) in [6, 6.07) is 4.38. The SMILES string of the molecule is CCOc1cc2c(cc1CCCN1CCOCC1)OC(C)C2. The van der Waals surface area contributed by atoms with Crippen LogP contribution in [0.15, 0.2) is 12.1 Å². The average molecular weight is 305 g/mol. The zero-order valence-electron chi connectivity index (χ0n) is 13.8. The first kappa shape index (κ1) is 15.6. The van der Waals surface area contributed by atoms with E-state index in [1.807, 2.05) is 6.92 Å². The van der Waals surface area contributed by atoms with Crippen molar-refractivity contribution in [3.63, 3.8) is 0 Å². The molecule has 2 aliphatic heterocycles. The minimum Gasteiger partial charge on any atom is -0.494 e. The van der Waals surface area contributed by atoms with Gasteiger partial charge in [0.25, 0.3) is 0 Å². The van der Waals surface area contributed by atoms with Crippen LogP contribution in [0.1, 0.15) is 31.4 Å². The lowest BCUT2D eigenvalue weighted by Crippen LogP contribution is -2.36. The first-order valence-electron chi connectivity index (χ1n) is 8.51. The van der Waals surface area contributed by atoms with Gasteiger partial charge in [0.15, 0.2) is 0 Å². The van der Waals surface area contributed by atoms with Crippen LogP contribution in [0.3, 0.4) is 0 Å². The van der Waals surface area contributed by atoms with Crippen molar-refractivity contribution >= 4 is 0 Å². The van der Waals surface area contributed by atoms with Crippen molar-refractivity contribution in [3.05, 3.63) is 23.3 Å². The van der Waals surface area contributed by atoms with Gasteiger partial charge in [0.05, 0.1) is 19.8 Å². The van der Waals surface area contributed by atoms with Crippen LogP contribution in [-0.4, -0.2) is 50.5 Å². The van der Waals surface area contributed by atoms with Crippen LogP contribution in [0.4, 0.5) is 0 Å². The van der Waals surface area contributed by atoms with Crippen LogP contribution in [0.2, 0.25) is 0 Å². The van der Waals surface area contributed by atoms with Crippen molar-refractivity contribution in [1.29, 1.82) is 0 Å². The molecule has 1 saturated heterocycles. The predicted molar refractivity (Wildman–Crippen MR) is 87.0 cm³/mol. The van der Waals surface area contributed by atoms with Crippen LogP contribution >= 0.6 is 0 Å². The number of benzene rings is 1.